The van der Waals surface area contributed by atoms with Crippen molar-refractivity contribution in [3.05, 3.63) is 0 Å². The van der Waals surface area contributed by atoms with Gasteiger partial charge >= 0.3 is 0 Å². The highest BCUT2D eigenvalue weighted by molar-refractivity contribution is 4.58. The Hall–Kier alpha value is -0.120. The molecule has 0 saturated carbocycles. The largest absolute Gasteiger partial charge is 0.393 e. The molecule has 0 aromatic heterocycles. The first-order valence-electron chi connectivity index (χ1n) is 2.73. The van der Waals surface area contributed by atoms with Crippen LogP contribution in [0.4, 0.5) is 0 Å². The maximum absolute atomic E-state index is 8.74. The average Bonchev–Trinajstić information content (AvgIpc) is 1.65. The molecule has 0 aliphatic heterocycles. The summed E-state index contributed by atoms with van der Waals surface area (Å²) in [5.74, 6) is 0. The van der Waals surface area contributed by atoms with Gasteiger partial charge in [0.15, 0.2) is 0 Å². The molecule has 0 saturated heterocycles. The third-order valence-corrected chi connectivity index (χ3v) is 0.885. The minimum absolute atomic E-state index is 0.227. The Balaban J connectivity index is 3.10. The van der Waals surface area contributed by atoms with Crippen molar-refractivity contribution in [3.63, 3.8) is 0 Å². The Morgan fingerprint density at radius 3 is 2.12 bits per heavy atom. The zero-order valence-corrected chi connectivity index (χ0v) is 5.04. The molecule has 0 aromatic rings. The topological polar surface area (TPSA) is 66.5 Å². The van der Waals surface area contributed by atoms with Gasteiger partial charge in [-0.1, -0.05) is 0 Å². The van der Waals surface area contributed by atoms with Crippen LogP contribution < -0.4 is 5.73 Å². The fourth-order valence-corrected chi connectivity index (χ4v) is 0.490. The highest BCUT2D eigenvalue weighted by atomic mass is 16.3. The van der Waals surface area contributed by atoms with Crippen molar-refractivity contribution in [2.45, 2.75) is 25.6 Å². The minimum atomic E-state index is -0.546. The number of hydrogen-bond acceptors (Lipinski definition) is 3. The van der Waals surface area contributed by atoms with E-state index >= 15 is 0 Å². The molecule has 0 aliphatic rings. The molecule has 2 atom stereocenters. The van der Waals surface area contributed by atoms with Gasteiger partial charge in [0, 0.05) is 13.0 Å². The number of aliphatic hydroxyl groups excluding tert-OH is 2. The lowest BCUT2D eigenvalue weighted by Gasteiger charge is -2.07. The molecular formula is C5H13NO2. The monoisotopic (exact) mass is 119 g/mol. The molecule has 0 fully saturated rings. The Kier molecular flexibility index (Phi) is 3.77. The second kappa shape index (κ2) is 3.83. The predicted octanol–water partition coefficient (Wildman–Crippen LogP) is -0.923. The lowest BCUT2D eigenvalue weighted by Crippen LogP contribution is -2.23. The zero-order chi connectivity index (χ0) is 6.57. The zero-order valence-electron chi connectivity index (χ0n) is 5.04. The smallest absolute Gasteiger partial charge is 0.0686 e. The number of aliphatic hydroxyl groups is 2. The Labute approximate surface area is 49.1 Å². The van der Waals surface area contributed by atoms with Crippen LogP contribution in [-0.2, 0) is 0 Å². The molecule has 4 N–H and O–H groups in total. The first kappa shape index (κ1) is 7.88. The standard InChI is InChI=1S/C5H13NO2/c1-4(7)2-5(8)3-6/h4-5,7-8H,2-3,6H2,1H3. The van der Waals surface area contributed by atoms with Gasteiger partial charge < -0.3 is 15.9 Å². The van der Waals surface area contributed by atoms with E-state index in [1.807, 2.05) is 0 Å². The average molecular weight is 119 g/mol. The number of rotatable bonds is 3. The van der Waals surface area contributed by atoms with E-state index in [4.69, 9.17) is 15.9 Å². The van der Waals surface area contributed by atoms with Crippen molar-refractivity contribution in [1.29, 1.82) is 0 Å². The van der Waals surface area contributed by atoms with Gasteiger partial charge in [0.25, 0.3) is 0 Å². The summed E-state index contributed by atoms with van der Waals surface area (Å²) < 4.78 is 0. The third kappa shape index (κ3) is 4.05. The van der Waals surface area contributed by atoms with Gasteiger partial charge in [0.2, 0.25) is 0 Å². The van der Waals surface area contributed by atoms with Gasteiger partial charge in [0.05, 0.1) is 12.2 Å². The normalized spacial score (nSPS) is 18.0. The lowest BCUT2D eigenvalue weighted by atomic mass is 10.2. The van der Waals surface area contributed by atoms with Crippen molar-refractivity contribution >= 4 is 0 Å². The minimum Gasteiger partial charge on any atom is -0.393 e. The summed E-state index contributed by atoms with van der Waals surface area (Å²) in [4.78, 5) is 0. The van der Waals surface area contributed by atoms with Crippen molar-refractivity contribution < 1.29 is 10.2 Å². The van der Waals surface area contributed by atoms with Crippen LogP contribution in [0.25, 0.3) is 0 Å². The third-order valence-electron chi connectivity index (χ3n) is 0.885. The van der Waals surface area contributed by atoms with Crippen LogP contribution in [0.1, 0.15) is 13.3 Å². The van der Waals surface area contributed by atoms with E-state index < -0.39 is 12.2 Å². The quantitative estimate of drug-likeness (QED) is 0.450. The summed E-state index contributed by atoms with van der Waals surface area (Å²) in [5, 5.41) is 17.4. The van der Waals surface area contributed by atoms with Crippen LogP contribution >= 0.6 is 0 Å². The summed E-state index contributed by atoms with van der Waals surface area (Å²) in [7, 11) is 0. The van der Waals surface area contributed by atoms with Crippen molar-refractivity contribution in [3.8, 4) is 0 Å². The molecule has 0 bridgehead atoms. The second-order valence-corrected chi connectivity index (χ2v) is 1.97. The van der Waals surface area contributed by atoms with Crippen LogP contribution in [-0.4, -0.2) is 29.0 Å². The van der Waals surface area contributed by atoms with Gasteiger partial charge in [-0.25, -0.2) is 0 Å². The Morgan fingerprint density at radius 1 is 1.50 bits per heavy atom. The summed E-state index contributed by atoms with van der Waals surface area (Å²) >= 11 is 0. The van der Waals surface area contributed by atoms with E-state index in [0.717, 1.165) is 0 Å². The summed E-state index contributed by atoms with van der Waals surface area (Å²) in [6.45, 7) is 1.85. The summed E-state index contributed by atoms with van der Waals surface area (Å²) in [6, 6.07) is 0. The number of hydrogen-bond donors (Lipinski definition) is 3. The van der Waals surface area contributed by atoms with Gasteiger partial charge in [-0.05, 0) is 6.92 Å². The van der Waals surface area contributed by atoms with Crippen LogP contribution in [0.3, 0.4) is 0 Å². The van der Waals surface area contributed by atoms with Crippen LogP contribution in [0.15, 0.2) is 0 Å². The molecule has 3 nitrogen and oxygen atoms in total. The number of nitrogens with two attached hydrogens (primary N) is 1. The predicted molar refractivity (Wildman–Crippen MR) is 31.4 cm³/mol. The SMILES string of the molecule is CC(O)CC(O)CN. The van der Waals surface area contributed by atoms with Gasteiger partial charge in [-0.2, -0.15) is 0 Å². The van der Waals surface area contributed by atoms with Crippen molar-refractivity contribution in [1.82, 2.24) is 0 Å². The molecule has 0 amide bonds. The van der Waals surface area contributed by atoms with E-state index in [1.165, 1.54) is 0 Å². The maximum atomic E-state index is 8.74. The molecule has 0 radical (unpaired) electrons. The highest BCUT2D eigenvalue weighted by Gasteiger charge is 2.03. The molecular weight excluding hydrogens is 106 g/mol. The molecule has 2 unspecified atom stereocenters. The molecule has 0 heterocycles. The van der Waals surface area contributed by atoms with Crippen molar-refractivity contribution in [2.75, 3.05) is 6.54 Å². The fourth-order valence-electron chi connectivity index (χ4n) is 0.490. The second-order valence-electron chi connectivity index (χ2n) is 1.97. The van der Waals surface area contributed by atoms with E-state index in [-0.39, 0.29) is 6.54 Å². The van der Waals surface area contributed by atoms with Gasteiger partial charge in [-0.3, -0.25) is 0 Å². The van der Waals surface area contributed by atoms with Gasteiger partial charge in [-0.15, -0.1) is 0 Å². The van der Waals surface area contributed by atoms with E-state index in [1.54, 1.807) is 6.92 Å². The summed E-state index contributed by atoms with van der Waals surface area (Å²) in [5.41, 5.74) is 5.06. The van der Waals surface area contributed by atoms with E-state index in [0.29, 0.717) is 6.42 Å². The van der Waals surface area contributed by atoms with E-state index in [2.05, 4.69) is 0 Å². The Bertz CT molecular complexity index is 56.4. The molecule has 50 valence electrons. The Morgan fingerprint density at radius 2 is 2.00 bits per heavy atom. The first-order valence-corrected chi connectivity index (χ1v) is 2.73. The maximum Gasteiger partial charge on any atom is 0.0686 e. The lowest BCUT2D eigenvalue weighted by molar-refractivity contribution is 0.0956. The van der Waals surface area contributed by atoms with E-state index in [9.17, 15) is 0 Å². The van der Waals surface area contributed by atoms with Crippen LogP contribution in [0.5, 0.6) is 0 Å². The van der Waals surface area contributed by atoms with Gasteiger partial charge in [0.1, 0.15) is 0 Å². The fraction of sp³-hybridized carbons (Fsp3) is 1.00. The van der Waals surface area contributed by atoms with Crippen molar-refractivity contribution in [2.24, 2.45) is 5.73 Å². The molecule has 0 spiro atoms. The molecule has 8 heavy (non-hydrogen) atoms. The molecule has 0 aliphatic carbocycles. The molecule has 0 rings (SSSR count). The van der Waals surface area contributed by atoms with Crippen LogP contribution in [0.2, 0.25) is 0 Å². The summed E-state index contributed by atoms with van der Waals surface area (Å²) in [6.07, 6.45) is -0.625. The molecule has 3 heteroatoms. The van der Waals surface area contributed by atoms with Crippen LogP contribution in [0, 0.1) is 0 Å². The highest BCUT2D eigenvalue weighted by Crippen LogP contribution is 1.93. The molecule has 0 aromatic carbocycles. The first-order chi connectivity index (χ1) is 3.66.